The molecule has 0 N–H and O–H groups in total. The Labute approximate surface area is 440 Å². The van der Waals surface area contributed by atoms with Crippen molar-refractivity contribution in [2.45, 2.75) is 38.0 Å². The van der Waals surface area contributed by atoms with Gasteiger partial charge in [-0.25, -0.2) is 0 Å². The minimum absolute atomic E-state index is 0.625. The molecule has 0 amide bonds. The summed E-state index contributed by atoms with van der Waals surface area (Å²) >= 11 is 0. The monoisotopic (exact) mass is 963 g/mol. The molecule has 1 heterocycles. The summed E-state index contributed by atoms with van der Waals surface area (Å²) < 4.78 is 2.39. The van der Waals surface area contributed by atoms with Crippen LogP contribution in [0.15, 0.2) is 279 Å². The molecule has 0 unspecified atom stereocenters. The summed E-state index contributed by atoms with van der Waals surface area (Å²) in [6.45, 7) is 0. The molecule has 3 heteroatoms. The van der Waals surface area contributed by atoms with Crippen LogP contribution in [0.1, 0.15) is 43.6 Å². The Morgan fingerprint density at radius 1 is 0.280 bits per heavy atom. The van der Waals surface area contributed by atoms with E-state index in [-0.39, 0.29) is 0 Å². The Balaban J connectivity index is 0.918. The van der Waals surface area contributed by atoms with Gasteiger partial charge < -0.3 is 14.4 Å². The summed E-state index contributed by atoms with van der Waals surface area (Å²) in [6, 6.07) is 102. The fourth-order valence-electron chi connectivity index (χ4n) is 11.7. The first kappa shape index (κ1) is 45.7. The average molecular weight is 964 g/mol. The molecule has 0 aliphatic heterocycles. The molecule has 0 atom stereocenters. The van der Waals surface area contributed by atoms with Gasteiger partial charge in [0.1, 0.15) is 0 Å². The summed E-state index contributed by atoms with van der Waals surface area (Å²) in [7, 11) is 0. The fraction of sp³-hybridized carbons (Fsp3) is 0.0833. The van der Waals surface area contributed by atoms with E-state index in [1.807, 2.05) is 0 Å². The van der Waals surface area contributed by atoms with Gasteiger partial charge in [0.2, 0.25) is 0 Å². The first-order chi connectivity index (χ1) is 37.2. The van der Waals surface area contributed by atoms with E-state index in [0.717, 1.165) is 39.7 Å². The van der Waals surface area contributed by atoms with Gasteiger partial charge in [0, 0.05) is 50.6 Å². The molecule has 1 aliphatic rings. The van der Waals surface area contributed by atoms with E-state index in [4.69, 9.17) is 0 Å². The van der Waals surface area contributed by atoms with Crippen LogP contribution in [0.4, 0.5) is 34.1 Å². The number of anilines is 6. The van der Waals surface area contributed by atoms with Gasteiger partial charge in [-0.2, -0.15) is 0 Å². The fourth-order valence-corrected chi connectivity index (χ4v) is 11.7. The maximum Gasteiger partial charge on any atom is 0.0561 e. The number of aromatic nitrogens is 1. The molecule has 12 aromatic rings. The molecule has 1 saturated carbocycles. The van der Waals surface area contributed by atoms with Crippen LogP contribution < -0.4 is 9.80 Å². The molecule has 360 valence electrons. The smallest absolute Gasteiger partial charge is 0.0561 e. The van der Waals surface area contributed by atoms with Crippen LogP contribution in [0.3, 0.4) is 0 Å². The van der Waals surface area contributed by atoms with Gasteiger partial charge >= 0.3 is 0 Å². The van der Waals surface area contributed by atoms with Gasteiger partial charge in [-0.1, -0.05) is 195 Å². The van der Waals surface area contributed by atoms with Crippen molar-refractivity contribution < 1.29 is 0 Å². The lowest BCUT2D eigenvalue weighted by molar-refractivity contribution is 0.443. The molecule has 75 heavy (non-hydrogen) atoms. The topological polar surface area (TPSA) is 11.4 Å². The van der Waals surface area contributed by atoms with Gasteiger partial charge in [0.05, 0.1) is 11.0 Å². The predicted molar refractivity (Wildman–Crippen MR) is 318 cm³/mol. The Kier molecular flexibility index (Phi) is 12.4. The minimum Gasteiger partial charge on any atom is -0.310 e. The Morgan fingerprint density at radius 2 is 0.680 bits per heavy atom. The highest BCUT2D eigenvalue weighted by atomic mass is 15.1. The van der Waals surface area contributed by atoms with Crippen LogP contribution in [-0.4, -0.2) is 4.57 Å². The van der Waals surface area contributed by atoms with E-state index < -0.39 is 0 Å². The Bertz CT molecular complexity index is 3880. The third-order valence-corrected chi connectivity index (χ3v) is 15.4. The predicted octanol–water partition coefficient (Wildman–Crippen LogP) is 20.4. The zero-order chi connectivity index (χ0) is 49.9. The second-order valence-electron chi connectivity index (χ2n) is 19.9. The zero-order valence-corrected chi connectivity index (χ0v) is 42.0. The molecular weight excluding hydrogens is 907 g/mol. The third kappa shape index (κ3) is 8.98. The van der Waals surface area contributed by atoms with E-state index in [1.54, 1.807) is 0 Å². The van der Waals surface area contributed by atoms with Crippen LogP contribution in [0, 0.1) is 0 Å². The number of nitrogens with zero attached hydrogens (tertiary/aromatic N) is 3. The lowest BCUT2D eigenvalue weighted by Crippen LogP contribution is -2.11. The molecule has 0 bridgehead atoms. The molecule has 1 aliphatic carbocycles. The first-order valence-corrected chi connectivity index (χ1v) is 26.6. The second kappa shape index (κ2) is 20.4. The van der Waals surface area contributed by atoms with Crippen molar-refractivity contribution >= 4 is 55.9 Å². The first-order valence-electron chi connectivity index (χ1n) is 26.6. The van der Waals surface area contributed by atoms with Gasteiger partial charge in [-0.3, -0.25) is 0 Å². The van der Waals surface area contributed by atoms with Crippen molar-refractivity contribution in [1.82, 2.24) is 4.57 Å². The van der Waals surface area contributed by atoms with Crippen molar-refractivity contribution in [2.75, 3.05) is 9.80 Å². The highest BCUT2D eigenvalue weighted by Crippen LogP contribution is 2.46. The number of benzene rings is 11. The summed E-state index contributed by atoms with van der Waals surface area (Å²) in [5.41, 5.74) is 21.1. The van der Waals surface area contributed by atoms with E-state index in [0.29, 0.717) is 5.92 Å². The van der Waals surface area contributed by atoms with Gasteiger partial charge in [-0.05, 0) is 172 Å². The molecule has 0 radical (unpaired) electrons. The number of rotatable bonds is 12. The summed E-state index contributed by atoms with van der Waals surface area (Å²) in [5.74, 6) is 0.625. The van der Waals surface area contributed by atoms with Gasteiger partial charge in [-0.15, -0.1) is 0 Å². The molecule has 11 aromatic carbocycles. The van der Waals surface area contributed by atoms with Gasteiger partial charge in [0.25, 0.3) is 0 Å². The van der Waals surface area contributed by atoms with Crippen molar-refractivity contribution in [3.05, 3.63) is 285 Å². The van der Waals surface area contributed by atoms with Crippen molar-refractivity contribution in [3.63, 3.8) is 0 Å². The normalized spacial score (nSPS) is 12.7. The SMILES string of the molecule is c1ccc(-c2cc(-c3ccc(N(c4ccccc4)c4ccc5c6ccccc6n(-c6ccccc6)c5c4)cc3)c(-c3ccccc3)cc2-c2ccc(N(c3ccccc3)c3cccc(C4CCCCC4)c3)cc2)cc1. The number of fused-ring (bicyclic) bond motifs is 3. The van der Waals surface area contributed by atoms with E-state index in [2.05, 4.69) is 293 Å². The highest BCUT2D eigenvalue weighted by molar-refractivity contribution is 6.10. The number of hydrogen-bond acceptors (Lipinski definition) is 2. The van der Waals surface area contributed by atoms with E-state index in [1.165, 1.54) is 104 Å². The molecular formula is C72H57N3. The molecule has 1 aromatic heterocycles. The second-order valence-corrected chi connectivity index (χ2v) is 19.9. The zero-order valence-electron chi connectivity index (χ0n) is 42.0. The highest BCUT2D eigenvalue weighted by Gasteiger charge is 2.22. The molecule has 13 rings (SSSR count). The van der Waals surface area contributed by atoms with E-state index >= 15 is 0 Å². The lowest BCUT2D eigenvalue weighted by atomic mass is 9.84. The Hall–Kier alpha value is -9.18. The molecule has 0 spiro atoms. The van der Waals surface area contributed by atoms with Crippen molar-refractivity contribution in [2.24, 2.45) is 0 Å². The van der Waals surface area contributed by atoms with Crippen LogP contribution in [0.5, 0.6) is 0 Å². The minimum atomic E-state index is 0.625. The largest absolute Gasteiger partial charge is 0.310 e. The summed E-state index contributed by atoms with van der Waals surface area (Å²) in [5, 5.41) is 2.47. The summed E-state index contributed by atoms with van der Waals surface area (Å²) in [6.07, 6.45) is 6.53. The van der Waals surface area contributed by atoms with Crippen molar-refractivity contribution in [1.29, 1.82) is 0 Å². The molecule has 1 fully saturated rings. The van der Waals surface area contributed by atoms with Crippen LogP contribution in [0.2, 0.25) is 0 Å². The quantitative estimate of drug-likeness (QED) is 0.121. The third-order valence-electron chi connectivity index (χ3n) is 15.4. The average Bonchev–Trinajstić information content (AvgIpc) is 3.83. The van der Waals surface area contributed by atoms with Crippen LogP contribution >= 0.6 is 0 Å². The lowest BCUT2D eigenvalue weighted by Gasteiger charge is -2.28. The number of para-hydroxylation sites is 4. The van der Waals surface area contributed by atoms with Crippen LogP contribution in [-0.2, 0) is 0 Å². The van der Waals surface area contributed by atoms with Crippen LogP contribution in [0.25, 0.3) is 72.0 Å². The number of hydrogen-bond donors (Lipinski definition) is 0. The van der Waals surface area contributed by atoms with E-state index in [9.17, 15) is 0 Å². The maximum absolute atomic E-state index is 2.44. The standard InChI is InChI=1S/C72H57N3/c1-7-22-52(23-8-1)57-28-21-35-63(48-57)73(58-29-13-4-14-30-58)61-42-38-55(39-43-61)69-50-68(54-26-11-3-12-27-54)70(51-67(69)53-24-9-2-10-25-53)56-40-44-62(45-41-56)74(59-31-15-5-16-32-59)64-46-47-66-65-36-19-20-37-71(65)75(72(66)49-64)60-33-17-6-18-34-60/h2-6,9-21,24-52H,1,7-8,22-23H2. The maximum atomic E-state index is 2.44. The van der Waals surface area contributed by atoms with Gasteiger partial charge in [0.15, 0.2) is 0 Å². The van der Waals surface area contributed by atoms with Crippen molar-refractivity contribution in [3.8, 4) is 50.2 Å². The molecule has 3 nitrogen and oxygen atoms in total. The summed E-state index contributed by atoms with van der Waals surface area (Å²) in [4.78, 5) is 4.79. The molecule has 0 saturated heterocycles. The Morgan fingerprint density at radius 3 is 1.21 bits per heavy atom.